The Bertz CT molecular complexity index is 1170. The molecule has 0 saturated carbocycles. The van der Waals surface area contributed by atoms with Crippen molar-refractivity contribution in [3.63, 3.8) is 0 Å². The van der Waals surface area contributed by atoms with Crippen LogP contribution >= 0.6 is 0 Å². The number of nitrogens with zero attached hydrogens (tertiary/aromatic N) is 4. The molecule has 0 aliphatic heterocycles. The normalized spacial score (nSPS) is 10.5. The largest absolute Gasteiger partial charge is 0.322 e. The van der Waals surface area contributed by atoms with Crippen LogP contribution in [0.2, 0.25) is 0 Å². The van der Waals surface area contributed by atoms with Crippen LogP contribution in [0.1, 0.15) is 21.5 Å². The molecule has 1 amide bonds. The zero-order chi connectivity index (χ0) is 18.8. The van der Waals surface area contributed by atoms with Gasteiger partial charge < -0.3 is 5.32 Å². The number of carbonyl (C=O) groups excluding carboxylic acids is 1. The molecule has 2 heterocycles. The van der Waals surface area contributed by atoms with Crippen LogP contribution in [0.25, 0.3) is 17.0 Å². The van der Waals surface area contributed by atoms with E-state index in [9.17, 15) is 4.79 Å². The SMILES string of the molecule is Cc1ccc(-c2cn3cccnc3n2)cc1NC(=O)c1cccc(C#N)c1. The van der Waals surface area contributed by atoms with Crippen LogP contribution in [0.3, 0.4) is 0 Å². The minimum absolute atomic E-state index is 0.260. The molecule has 6 heteroatoms. The van der Waals surface area contributed by atoms with Gasteiger partial charge in [0.2, 0.25) is 5.78 Å². The Hall–Kier alpha value is -3.98. The fourth-order valence-corrected chi connectivity index (χ4v) is 2.81. The Morgan fingerprint density at radius 2 is 2.07 bits per heavy atom. The summed E-state index contributed by atoms with van der Waals surface area (Å²) in [7, 11) is 0. The van der Waals surface area contributed by atoms with Crippen molar-refractivity contribution in [3.8, 4) is 17.3 Å². The summed E-state index contributed by atoms with van der Waals surface area (Å²) < 4.78 is 1.85. The Kier molecular flexibility index (Phi) is 4.11. The van der Waals surface area contributed by atoms with Crippen molar-refractivity contribution >= 4 is 17.4 Å². The molecule has 2 aromatic carbocycles. The highest BCUT2D eigenvalue weighted by molar-refractivity contribution is 6.05. The molecule has 0 unspecified atom stereocenters. The second-order valence-electron chi connectivity index (χ2n) is 6.13. The van der Waals surface area contributed by atoms with Crippen LogP contribution in [-0.2, 0) is 0 Å². The number of nitriles is 1. The quantitative estimate of drug-likeness (QED) is 0.607. The van der Waals surface area contributed by atoms with E-state index >= 15 is 0 Å². The molecule has 0 saturated heterocycles. The van der Waals surface area contributed by atoms with Crippen molar-refractivity contribution in [2.24, 2.45) is 0 Å². The summed E-state index contributed by atoms with van der Waals surface area (Å²) in [4.78, 5) is 21.3. The Morgan fingerprint density at radius 3 is 2.89 bits per heavy atom. The van der Waals surface area contributed by atoms with Gasteiger partial charge in [-0.05, 0) is 42.8 Å². The van der Waals surface area contributed by atoms with E-state index < -0.39 is 0 Å². The smallest absolute Gasteiger partial charge is 0.255 e. The number of anilines is 1. The molecular formula is C21H15N5O. The monoisotopic (exact) mass is 353 g/mol. The molecule has 0 fully saturated rings. The van der Waals surface area contributed by atoms with E-state index in [-0.39, 0.29) is 5.91 Å². The zero-order valence-corrected chi connectivity index (χ0v) is 14.5. The van der Waals surface area contributed by atoms with Gasteiger partial charge in [0.05, 0.1) is 17.3 Å². The third kappa shape index (κ3) is 3.26. The minimum atomic E-state index is -0.260. The summed E-state index contributed by atoms with van der Waals surface area (Å²) in [6, 6.07) is 16.3. The molecule has 0 radical (unpaired) electrons. The molecule has 6 nitrogen and oxygen atoms in total. The average molecular weight is 353 g/mol. The lowest BCUT2D eigenvalue weighted by Crippen LogP contribution is -2.13. The molecule has 27 heavy (non-hydrogen) atoms. The highest BCUT2D eigenvalue weighted by atomic mass is 16.1. The van der Waals surface area contributed by atoms with E-state index in [2.05, 4.69) is 15.3 Å². The van der Waals surface area contributed by atoms with E-state index in [4.69, 9.17) is 5.26 Å². The van der Waals surface area contributed by atoms with E-state index in [1.54, 1.807) is 30.5 Å². The first-order valence-corrected chi connectivity index (χ1v) is 8.36. The number of rotatable bonds is 3. The Labute approximate surface area is 155 Å². The first-order valence-electron chi connectivity index (χ1n) is 8.36. The van der Waals surface area contributed by atoms with Crippen LogP contribution in [0.5, 0.6) is 0 Å². The predicted molar refractivity (Wildman–Crippen MR) is 102 cm³/mol. The van der Waals surface area contributed by atoms with Crippen molar-refractivity contribution in [2.45, 2.75) is 6.92 Å². The second kappa shape index (κ2) is 6.73. The van der Waals surface area contributed by atoms with Gasteiger partial charge in [-0.2, -0.15) is 5.26 Å². The number of amides is 1. The highest BCUT2D eigenvalue weighted by Crippen LogP contribution is 2.25. The molecule has 0 atom stereocenters. The van der Waals surface area contributed by atoms with Crippen LogP contribution in [-0.4, -0.2) is 20.3 Å². The number of hydrogen-bond donors (Lipinski definition) is 1. The van der Waals surface area contributed by atoms with Crippen LogP contribution in [0.4, 0.5) is 5.69 Å². The molecule has 0 bridgehead atoms. The summed E-state index contributed by atoms with van der Waals surface area (Å²) in [6.45, 7) is 1.93. The number of nitrogens with one attached hydrogen (secondary N) is 1. The fourth-order valence-electron chi connectivity index (χ4n) is 2.81. The van der Waals surface area contributed by atoms with Crippen LogP contribution in [0, 0.1) is 18.3 Å². The van der Waals surface area contributed by atoms with Crippen molar-refractivity contribution < 1.29 is 4.79 Å². The lowest BCUT2D eigenvalue weighted by atomic mass is 10.1. The third-order valence-electron chi connectivity index (χ3n) is 4.27. The molecule has 1 N–H and O–H groups in total. The predicted octanol–water partition coefficient (Wildman–Crippen LogP) is 3.83. The van der Waals surface area contributed by atoms with Gasteiger partial charge in [-0.15, -0.1) is 0 Å². The van der Waals surface area contributed by atoms with Gasteiger partial charge in [0.15, 0.2) is 0 Å². The minimum Gasteiger partial charge on any atom is -0.322 e. The van der Waals surface area contributed by atoms with E-state index in [1.807, 2.05) is 54.1 Å². The maximum absolute atomic E-state index is 12.6. The van der Waals surface area contributed by atoms with Gasteiger partial charge in [-0.3, -0.25) is 9.20 Å². The van der Waals surface area contributed by atoms with Gasteiger partial charge in [0, 0.05) is 35.4 Å². The molecule has 2 aromatic heterocycles. The number of hydrogen-bond acceptors (Lipinski definition) is 4. The first kappa shape index (κ1) is 16.5. The number of fused-ring (bicyclic) bond motifs is 1. The summed E-state index contributed by atoms with van der Waals surface area (Å²) in [5.41, 5.74) is 4.18. The first-order chi connectivity index (χ1) is 13.1. The number of benzene rings is 2. The fraction of sp³-hybridized carbons (Fsp3) is 0.0476. The molecule has 4 rings (SSSR count). The standard InChI is InChI=1S/C21H15N5O/c1-14-6-7-16(19-13-26-9-3-8-23-21(26)25-19)11-18(14)24-20(27)17-5-2-4-15(10-17)12-22/h2-11,13H,1H3,(H,24,27). The summed E-state index contributed by atoms with van der Waals surface area (Å²) in [5, 5.41) is 11.9. The molecule has 0 spiro atoms. The highest BCUT2D eigenvalue weighted by Gasteiger charge is 2.11. The average Bonchev–Trinajstić information content (AvgIpc) is 3.14. The lowest BCUT2D eigenvalue weighted by molar-refractivity contribution is 0.102. The van der Waals surface area contributed by atoms with Gasteiger partial charge in [0.25, 0.3) is 5.91 Å². The molecule has 4 aromatic rings. The van der Waals surface area contributed by atoms with Gasteiger partial charge in [-0.1, -0.05) is 18.2 Å². The Balaban J connectivity index is 1.66. The van der Waals surface area contributed by atoms with Crippen molar-refractivity contribution in [1.82, 2.24) is 14.4 Å². The molecule has 130 valence electrons. The van der Waals surface area contributed by atoms with E-state index in [0.29, 0.717) is 22.6 Å². The lowest BCUT2D eigenvalue weighted by Gasteiger charge is -2.10. The van der Waals surface area contributed by atoms with E-state index in [1.165, 1.54) is 0 Å². The summed E-state index contributed by atoms with van der Waals surface area (Å²) >= 11 is 0. The van der Waals surface area contributed by atoms with Gasteiger partial charge in [-0.25, -0.2) is 9.97 Å². The van der Waals surface area contributed by atoms with Gasteiger partial charge >= 0.3 is 0 Å². The molecular weight excluding hydrogens is 338 g/mol. The number of imidazole rings is 1. The number of aromatic nitrogens is 3. The van der Waals surface area contributed by atoms with Crippen molar-refractivity contribution in [1.29, 1.82) is 5.26 Å². The second-order valence-corrected chi connectivity index (χ2v) is 6.13. The summed E-state index contributed by atoms with van der Waals surface area (Å²) in [5.74, 6) is 0.357. The number of carbonyl (C=O) groups is 1. The third-order valence-corrected chi connectivity index (χ3v) is 4.27. The van der Waals surface area contributed by atoms with Crippen LogP contribution in [0.15, 0.2) is 67.1 Å². The topological polar surface area (TPSA) is 83.1 Å². The Morgan fingerprint density at radius 1 is 1.19 bits per heavy atom. The van der Waals surface area contributed by atoms with Crippen molar-refractivity contribution in [3.05, 3.63) is 83.8 Å². The maximum atomic E-state index is 12.6. The van der Waals surface area contributed by atoms with Crippen molar-refractivity contribution in [2.75, 3.05) is 5.32 Å². The maximum Gasteiger partial charge on any atom is 0.255 e. The van der Waals surface area contributed by atoms with Gasteiger partial charge in [0.1, 0.15) is 0 Å². The zero-order valence-electron chi connectivity index (χ0n) is 14.5. The molecule has 0 aliphatic rings. The van der Waals surface area contributed by atoms with E-state index in [0.717, 1.165) is 16.8 Å². The van der Waals surface area contributed by atoms with Crippen LogP contribution < -0.4 is 5.32 Å². The molecule has 0 aliphatic carbocycles. The summed E-state index contributed by atoms with van der Waals surface area (Å²) in [6.07, 6.45) is 5.48. The number of aryl methyl sites for hydroxylation is 1.